The van der Waals surface area contributed by atoms with E-state index in [2.05, 4.69) is 6.58 Å². The highest BCUT2D eigenvalue weighted by Crippen LogP contribution is 2.30. The molecule has 0 heterocycles. The number of benzene rings is 1. The van der Waals surface area contributed by atoms with E-state index in [4.69, 9.17) is 0 Å². The van der Waals surface area contributed by atoms with Crippen LogP contribution in [0.1, 0.15) is 13.8 Å². The zero-order chi connectivity index (χ0) is 10.6. The van der Waals surface area contributed by atoms with E-state index in [9.17, 15) is 5.11 Å². The van der Waals surface area contributed by atoms with E-state index in [0.29, 0.717) is 0 Å². The lowest BCUT2D eigenvalue weighted by Gasteiger charge is -2.25. The lowest BCUT2D eigenvalue weighted by atomic mass is 10.1. The maximum atomic E-state index is 9.85. The predicted octanol–water partition coefficient (Wildman–Crippen LogP) is 3.10. The van der Waals surface area contributed by atoms with Crippen LogP contribution in [0.4, 0.5) is 0 Å². The van der Waals surface area contributed by atoms with E-state index < -0.39 is 5.60 Å². The molecule has 0 aliphatic rings. The number of hydrogen-bond donors (Lipinski definition) is 1. The molecule has 1 unspecified atom stereocenters. The molecule has 0 fully saturated rings. The van der Waals surface area contributed by atoms with Gasteiger partial charge in [0.15, 0.2) is 0 Å². The fourth-order valence-corrected chi connectivity index (χ4v) is 2.12. The van der Waals surface area contributed by atoms with Gasteiger partial charge in [-0.05, 0) is 26.0 Å². The number of rotatable bonds is 4. The summed E-state index contributed by atoms with van der Waals surface area (Å²) in [6, 6.07) is 10.0. The quantitative estimate of drug-likeness (QED) is 0.606. The van der Waals surface area contributed by atoms with Crippen molar-refractivity contribution in [2.24, 2.45) is 0 Å². The van der Waals surface area contributed by atoms with Crippen molar-refractivity contribution >= 4 is 11.8 Å². The summed E-state index contributed by atoms with van der Waals surface area (Å²) in [5, 5.41) is 9.87. The normalized spacial score (nSPS) is 13.6. The Morgan fingerprint density at radius 1 is 1.36 bits per heavy atom. The second-order valence-corrected chi connectivity index (χ2v) is 4.96. The van der Waals surface area contributed by atoms with Crippen molar-refractivity contribution in [2.45, 2.75) is 29.6 Å². The van der Waals surface area contributed by atoms with Crippen molar-refractivity contribution in [1.82, 2.24) is 0 Å². The van der Waals surface area contributed by atoms with Crippen LogP contribution in [-0.2, 0) is 0 Å². The molecule has 1 rings (SSSR count). The minimum absolute atomic E-state index is 0.0184. The SMILES string of the molecule is C=CC(Sc1ccccc1)C(C)(C)O. The first-order valence-corrected chi connectivity index (χ1v) is 5.48. The van der Waals surface area contributed by atoms with Gasteiger partial charge in [-0.3, -0.25) is 0 Å². The Bertz CT molecular complexity index is 287. The molecule has 0 radical (unpaired) electrons. The Kier molecular flexibility index (Phi) is 3.78. The average molecular weight is 208 g/mol. The van der Waals surface area contributed by atoms with E-state index in [1.807, 2.05) is 30.3 Å². The zero-order valence-electron chi connectivity index (χ0n) is 8.60. The summed E-state index contributed by atoms with van der Waals surface area (Å²) in [6.07, 6.45) is 1.79. The molecule has 0 spiro atoms. The number of hydrogen-bond acceptors (Lipinski definition) is 2. The third kappa shape index (κ3) is 3.20. The van der Waals surface area contributed by atoms with Gasteiger partial charge in [0.2, 0.25) is 0 Å². The van der Waals surface area contributed by atoms with Crippen LogP contribution in [0.5, 0.6) is 0 Å². The Hall–Kier alpha value is -0.730. The monoisotopic (exact) mass is 208 g/mol. The van der Waals surface area contributed by atoms with Crippen LogP contribution in [0.15, 0.2) is 47.9 Å². The van der Waals surface area contributed by atoms with E-state index in [1.54, 1.807) is 31.7 Å². The second-order valence-electron chi connectivity index (χ2n) is 3.74. The summed E-state index contributed by atoms with van der Waals surface area (Å²) in [6.45, 7) is 7.34. The van der Waals surface area contributed by atoms with Gasteiger partial charge in [-0.15, -0.1) is 18.3 Å². The van der Waals surface area contributed by atoms with Crippen LogP contribution in [0, 0.1) is 0 Å². The molecule has 0 saturated carbocycles. The van der Waals surface area contributed by atoms with Crippen molar-refractivity contribution in [1.29, 1.82) is 0 Å². The standard InChI is InChI=1S/C12H16OS/c1-4-11(12(2,3)13)14-10-8-6-5-7-9-10/h4-9,11,13H,1H2,2-3H3. The zero-order valence-corrected chi connectivity index (χ0v) is 9.42. The van der Waals surface area contributed by atoms with Gasteiger partial charge >= 0.3 is 0 Å². The van der Waals surface area contributed by atoms with Gasteiger partial charge in [0.25, 0.3) is 0 Å². The van der Waals surface area contributed by atoms with Crippen LogP contribution in [0.25, 0.3) is 0 Å². The highest BCUT2D eigenvalue weighted by molar-refractivity contribution is 8.00. The molecule has 0 aliphatic heterocycles. The summed E-state index contributed by atoms with van der Waals surface area (Å²) >= 11 is 1.63. The first-order valence-electron chi connectivity index (χ1n) is 4.60. The molecule has 0 amide bonds. The van der Waals surface area contributed by atoms with Crippen LogP contribution >= 0.6 is 11.8 Å². The fraction of sp³-hybridized carbons (Fsp3) is 0.333. The lowest BCUT2D eigenvalue weighted by molar-refractivity contribution is 0.0894. The van der Waals surface area contributed by atoms with E-state index in [0.717, 1.165) is 4.90 Å². The van der Waals surface area contributed by atoms with Gasteiger partial charge in [0, 0.05) is 4.90 Å². The Labute approximate surface area is 89.8 Å². The van der Waals surface area contributed by atoms with Crippen LogP contribution in [0.2, 0.25) is 0 Å². The summed E-state index contributed by atoms with van der Waals surface area (Å²) in [5.74, 6) is 0. The average Bonchev–Trinajstić information content (AvgIpc) is 2.14. The number of aliphatic hydroxyl groups is 1. The maximum absolute atomic E-state index is 9.85. The van der Waals surface area contributed by atoms with Gasteiger partial charge in [0.1, 0.15) is 0 Å². The fourth-order valence-electron chi connectivity index (χ4n) is 1.13. The molecule has 0 aromatic heterocycles. The number of thioether (sulfide) groups is 1. The molecule has 1 N–H and O–H groups in total. The van der Waals surface area contributed by atoms with E-state index in [-0.39, 0.29) is 5.25 Å². The molecule has 1 atom stereocenters. The molecule has 2 heteroatoms. The van der Waals surface area contributed by atoms with Gasteiger partial charge in [0.05, 0.1) is 10.9 Å². The molecule has 1 aromatic rings. The Morgan fingerprint density at radius 2 is 1.93 bits per heavy atom. The largest absolute Gasteiger partial charge is 0.389 e. The van der Waals surface area contributed by atoms with Crippen molar-refractivity contribution in [2.75, 3.05) is 0 Å². The summed E-state index contributed by atoms with van der Waals surface area (Å²) in [5.41, 5.74) is -0.734. The highest BCUT2D eigenvalue weighted by atomic mass is 32.2. The molecule has 76 valence electrons. The van der Waals surface area contributed by atoms with Crippen LogP contribution in [-0.4, -0.2) is 16.0 Å². The van der Waals surface area contributed by atoms with Crippen LogP contribution < -0.4 is 0 Å². The summed E-state index contributed by atoms with van der Waals surface area (Å²) in [4.78, 5) is 1.15. The molecule has 1 aromatic carbocycles. The lowest BCUT2D eigenvalue weighted by Crippen LogP contribution is -2.31. The van der Waals surface area contributed by atoms with E-state index in [1.165, 1.54) is 0 Å². The molecule has 0 saturated heterocycles. The van der Waals surface area contributed by atoms with Gasteiger partial charge in [-0.2, -0.15) is 0 Å². The van der Waals surface area contributed by atoms with Crippen molar-refractivity contribution in [3.63, 3.8) is 0 Å². The molecule has 0 aliphatic carbocycles. The van der Waals surface area contributed by atoms with Gasteiger partial charge in [-0.1, -0.05) is 24.3 Å². The van der Waals surface area contributed by atoms with Crippen LogP contribution in [0.3, 0.4) is 0 Å². The smallest absolute Gasteiger partial charge is 0.0748 e. The first-order chi connectivity index (χ1) is 6.54. The summed E-state index contributed by atoms with van der Waals surface area (Å²) in [7, 11) is 0. The van der Waals surface area contributed by atoms with E-state index >= 15 is 0 Å². The minimum Gasteiger partial charge on any atom is -0.389 e. The Morgan fingerprint density at radius 3 is 2.36 bits per heavy atom. The third-order valence-corrected chi connectivity index (χ3v) is 3.48. The van der Waals surface area contributed by atoms with Gasteiger partial charge < -0.3 is 5.11 Å². The topological polar surface area (TPSA) is 20.2 Å². The third-order valence-electron chi connectivity index (χ3n) is 1.92. The highest BCUT2D eigenvalue weighted by Gasteiger charge is 2.24. The summed E-state index contributed by atoms with van der Waals surface area (Å²) < 4.78 is 0. The predicted molar refractivity (Wildman–Crippen MR) is 62.6 cm³/mol. The molecule has 14 heavy (non-hydrogen) atoms. The van der Waals surface area contributed by atoms with Crippen molar-refractivity contribution < 1.29 is 5.11 Å². The molecule has 1 nitrogen and oxygen atoms in total. The Balaban J connectivity index is 2.72. The molecular weight excluding hydrogens is 192 g/mol. The maximum Gasteiger partial charge on any atom is 0.0748 e. The van der Waals surface area contributed by atoms with Crippen molar-refractivity contribution in [3.05, 3.63) is 43.0 Å². The first kappa shape index (κ1) is 11.3. The van der Waals surface area contributed by atoms with Crippen molar-refractivity contribution in [3.8, 4) is 0 Å². The second kappa shape index (κ2) is 4.67. The molecule has 0 bridgehead atoms. The minimum atomic E-state index is -0.734. The molecular formula is C12H16OS. The van der Waals surface area contributed by atoms with Gasteiger partial charge in [-0.25, -0.2) is 0 Å².